The number of carboxylic acids is 2. The van der Waals surface area contributed by atoms with Gasteiger partial charge in [-0.2, -0.15) is 0 Å². The molecule has 0 spiro atoms. The van der Waals surface area contributed by atoms with Gasteiger partial charge in [0.1, 0.15) is 11.5 Å². The summed E-state index contributed by atoms with van der Waals surface area (Å²) < 4.78 is 5.55. The zero-order chi connectivity index (χ0) is 14.5. The molecule has 5 heteroatoms. The number of carbonyl (C=O) groups is 2. The number of hydrogen-bond acceptors (Lipinski definition) is 3. The molecule has 0 heterocycles. The first-order chi connectivity index (χ1) is 8.93. The highest BCUT2D eigenvalue weighted by Gasteiger charge is 2.45. The minimum atomic E-state index is -1.34. The van der Waals surface area contributed by atoms with Gasteiger partial charge in [-0.3, -0.25) is 4.79 Å². The van der Waals surface area contributed by atoms with Crippen molar-refractivity contribution in [2.24, 2.45) is 5.41 Å². The van der Waals surface area contributed by atoms with Crippen LogP contribution in [0.4, 0.5) is 0 Å². The molecule has 0 saturated heterocycles. The molecule has 1 aliphatic carbocycles. The van der Waals surface area contributed by atoms with Crippen LogP contribution in [0.3, 0.4) is 0 Å². The van der Waals surface area contributed by atoms with Crippen molar-refractivity contribution in [2.75, 3.05) is 6.61 Å². The van der Waals surface area contributed by atoms with Gasteiger partial charge in [0.15, 0.2) is 0 Å². The Hall–Kier alpha value is -1.62. The predicted octanol–water partition coefficient (Wildman–Crippen LogP) is 2.23. The number of ether oxygens (including phenoxy) is 1. The molecule has 2 atom stereocenters. The molecule has 0 radical (unpaired) electrons. The molecule has 0 bridgehead atoms. The van der Waals surface area contributed by atoms with E-state index in [1.54, 1.807) is 0 Å². The van der Waals surface area contributed by atoms with Gasteiger partial charge in [0.2, 0.25) is 0 Å². The monoisotopic (exact) mass is 268 g/mol. The topological polar surface area (TPSA) is 83.8 Å². The SMILES string of the molecule is CCCCCOC1C(C(=O)O)=CC=CC1(C)C(=O)O. The van der Waals surface area contributed by atoms with E-state index in [2.05, 4.69) is 0 Å². The zero-order valence-electron chi connectivity index (χ0n) is 11.3. The summed E-state index contributed by atoms with van der Waals surface area (Å²) in [5.41, 5.74) is -1.35. The maximum atomic E-state index is 11.4. The molecule has 0 saturated carbocycles. The van der Waals surface area contributed by atoms with Crippen molar-refractivity contribution in [3.63, 3.8) is 0 Å². The average molecular weight is 268 g/mol. The Morgan fingerprint density at radius 1 is 1.37 bits per heavy atom. The summed E-state index contributed by atoms with van der Waals surface area (Å²) in [6.07, 6.45) is 6.17. The van der Waals surface area contributed by atoms with E-state index in [0.29, 0.717) is 6.61 Å². The number of hydrogen-bond donors (Lipinski definition) is 2. The number of allylic oxidation sites excluding steroid dienone is 2. The van der Waals surface area contributed by atoms with E-state index >= 15 is 0 Å². The summed E-state index contributed by atoms with van der Waals surface area (Å²) in [5.74, 6) is -2.23. The van der Waals surface area contributed by atoms with Crippen LogP contribution in [0.25, 0.3) is 0 Å². The quantitative estimate of drug-likeness (QED) is 0.692. The standard InChI is InChI=1S/C14H20O5/c1-3-4-5-9-19-11-10(12(15)16)7-6-8-14(11,2)13(17)18/h6-8,11H,3-5,9H2,1-2H3,(H,15,16)(H,17,18). The highest BCUT2D eigenvalue weighted by atomic mass is 16.5. The second-order valence-corrected chi connectivity index (χ2v) is 4.83. The first-order valence-corrected chi connectivity index (χ1v) is 6.41. The Labute approximate surface area is 112 Å². The first-order valence-electron chi connectivity index (χ1n) is 6.41. The maximum Gasteiger partial charge on any atom is 0.334 e. The molecule has 0 aromatic carbocycles. The Morgan fingerprint density at radius 3 is 2.58 bits per heavy atom. The van der Waals surface area contributed by atoms with Gasteiger partial charge in [-0.05, 0) is 19.4 Å². The van der Waals surface area contributed by atoms with Crippen LogP contribution >= 0.6 is 0 Å². The van der Waals surface area contributed by atoms with Crippen molar-refractivity contribution < 1.29 is 24.5 Å². The normalized spacial score (nSPS) is 26.0. The zero-order valence-corrected chi connectivity index (χ0v) is 11.3. The molecular weight excluding hydrogens is 248 g/mol. The molecule has 0 aromatic rings. The van der Waals surface area contributed by atoms with Crippen molar-refractivity contribution >= 4 is 11.9 Å². The van der Waals surface area contributed by atoms with Crippen molar-refractivity contribution in [2.45, 2.75) is 39.2 Å². The van der Waals surface area contributed by atoms with Gasteiger partial charge in [0.05, 0.1) is 5.57 Å². The van der Waals surface area contributed by atoms with Gasteiger partial charge in [-0.15, -0.1) is 0 Å². The number of carboxylic acid groups (broad SMARTS) is 2. The number of aliphatic carboxylic acids is 2. The smallest absolute Gasteiger partial charge is 0.334 e. The van der Waals surface area contributed by atoms with Crippen LogP contribution < -0.4 is 0 Å². The van der Waals surface area contributed by atoms with Gasteiger partial charge < -0.3 is 14.9 Å². The van der Waals surface area contributed by atoms with E-state index < -0.39 is 23.5 Å². The van der Waals surface area contributed by atoms with Gasteiger partial charge in [-0.1, -0.05) is 31.9 Å². The molecule has 19 heavy (non-hydrogen) atoms. The Bertz CT molecular complexity index is 410. The molecule has 0 amide bonds. The van der Waals surface area contributed by atoms with Crippen LogP contribution in [-0.2, 0) is 14.3 Å². The highest BCUT2D eigenvalue weighted by molar-refractivity contribution is 5.92. The largest absolute Gasteiger partial charge is 0.481 e. The fourth-order valence-electron chi connectivity index (χ4n) is 2.03. The molecule has 5 nitrogen and oxygen atoms in total. The van der Waals surface area contributed by atoms with Gasteiger partial charge >= 0.3 is 11.9 Å². The lowest BCUT2D eigenvalue weighted by Gasteiger charge is -2.33. The van der Waals surface area contributed by atoms with Crippen LogP contribution in [0, 0.1) is 5.41 Å². The van der Waals surface area contributed by atoms with Crippen molar-refractivity contribution in [3.05, 3.63) is 23.8 Å². The van der Waals surface area contributed by atoms with Gasteiger partial charge in [0, 0.05) is 6.61 Å². The minimum absolute atomic E-state index is 0.0103. The second-order valence-electron chi connectivity index (χ2n) is 4.83. The third kappa shape index (κ3) is 3.44. The molecule has 0 aromatic heterocycles. The summed E-state index contributed by atoms with van der Waals surface area (Å²) in [5, 5.41) is 18.5. The highest BCUT2D eigenvalue weighted by Crippen LogP contribution is 2.34. The van der Waals surface area contributed by atoms with Crippen molar-refractivity contribution in [1.29, 1.82) is 0 Å². The summed E-state index contributed by atoms with van der Waals surface area (Å²) in [7, 11) is 0. The molecule has 2 N–H and O–H groups in total. The molecular formula is C14H20O5. The van der Waals surface area contributed by atoms with Crippen LogP contribution in [0.15, 0.2) is 23.8 Å². The summed E-state index contributed by atoms with van der Waals surface area (Å²) in [6, 6.07) is 0. The summed E-state index contributed by atoms with van der Waals surface area (Å²) in [6.45, 7) is 3.89. The van der Waals surface area contributed by atoms with Crippen LogP contribution in [-0.4, -0.2) is 34.9 Å². The lowest BCUT2D eigenvalue weighted by molar-refractivity contribution is -0.153. The lowest BCUT2D eigenvalue weighted by atomic mass is 9.77. The van der Waals surface area contributed by atoms with E-state index in [1.165, 1.54) is 25.2 Å². The molecule has 1 rings (SSSR count). The third-order valence-corrected chi connectivity index (χ3v) is 3.29. The van der Waals surface area contributed by atoms with E-state index in [-0.39, 0.29) is 5.57 Å². The number of rotatable bonds is 7. The van der Waals surface area contributed by atoms with Crippen LogP contribution in [0.5, 0.6) is 0 Å². The number of unbranched alkanes of at least 4 members (excludes halogenated alkanes) is 2. The Morgan fingerprint density at radius 2 is 2.05 bits per heavy atom. The third-order valence-electron chi connectivity index (χ3n) is 3.29. The predicted molar refractivity (Wildman–Crippen MR) is 69.9 cm³/mol. The lowest BCUT2D eigenvalue weighted by Crippen LogP contribution is -2.44. The van der Waals surface area contributed by atoms with Gasteiger partial charge in [-0.25, -0.2) is 4.79 Å². The first kappa shape index (κ1) is 15.4. The molecule has 106 valence electrons. The average Bonchev–Trinajstić information content (AvgIpc) is 2.35. The van der Waals surface area contributed by atoms with E-state index in [0.717, 1.165) is 19.3 Å². The molecule has 1 aliphatic rings. The van der Waals surface area contributed by atoms with Crippen molar-refractivity contribution in [3.8, 4) is 0 Å². The van der Waals surface area contributed by atoms with E-state index in [1.807, 2.05) is 6.92 Å². The second kappa shape index (κ2) is 6.52. The van der Waals surface area contributed by atoms with Crippen molar-refractivity contribution in [1.82, 2.24) is 0 Å². The maximum absolute atomic E-state index is 11.4. The fraction of sp³-hybridized carbons (Fsp3) is 0.571. The minimum Gasteiger partial charge on any atom is -0.481 e. The van der Waals surface area contributed by atoms with Crippen LogP contribution in [0.2, 0.25) is 0 Å². The Kier molecular flexibility index (Phi) is 5.30. The van der Waals surface area contributed by atoms with E-state index in [9.17, 15) is 14.7 Å². The summed E-state index contributed by atoms with van der Waals surface area (Å²) in [4.78, 5) is 22.6. The van der Waals surface area contributed by atoms with E-state index in [4.69, 9.17) is 9.84 Å². The fourth-order valence-corrected chi connectivity index (χ4v) is 2.03. The Balaban J connectivity index is 2.88. The summed E-state index contributed by atoms with van der Waals surface area (Å²) >= 11 is 0. The molecule has 0 aliphatic heterocycles. The molecule has 0 fully saturated rings. The van der Waals surface area contributed by atoms with Crippen LogP contribution in [0.1, 0.15) is 33.1 Å². The molecule has 2 unspecified atom stereocenters. The van der Waals surface area contributed by atoms with Gasteiger partial charge in [0.25, 0.3) is 0 Å².